The number of anilines is 2. The van der Waals surface area contributed by atoms with Crippen molar-refractivity contribution in [1.82, 2.24) is 19.7 Å². The van der Waals surface area contributed by atoms with Gasteiger partial charge in [0.2, 0.25) is 5.95 Å². The van der Waals surface area contributed by atoms with Gasteiger partial charge in [0.15, 0.2) is 5.82 Å². The van der Waals surface area contributed by atoms with Crippen molar-refractivity contribution in [3.8, 4) is 17.1 Å². The molecule has 1 aliphatic heterocycles. The van der Waals surface area contributed by atoms with E-state index in [4.69, 9.17) is 16.7 Å². The number of rotatable bonds is 4. The summed E-state index contributed by atoms with van der Waals surface area (Å²) in [6.45, 7) is 1.82. The minimum atomic E-state index is -0.581. The maximum Gasteiger partial charge on any atom is 0.255 e. The van der Waals surface area contributed by atoms with Crippen molar-refractivity contribution in [3.63, 3.8) is 0 Å². The first kappa shape index (κ1) is 20.7. The fourth-order valence-corrected chi connectivity index (χ4v) is 4.02. The van der Waals surface area contributed by atoms with Crippen LogP contribution >= 0.6 is 11.6 Å². The Balaban J connectivity index is 1.62. The number of pyridine rings is 1. The van der Waals surface area contributed by atoms with Crippen LogP contribution in [0.5, 0.6) is 5.75 Å². The summed E-state index contributed by atoms with van der Waals surface area (Å²) in [5.74, 6) is 0.754. The predicted molar refractivity (Wildman–Crippen MR) is 126 cm³/mol. The first-order chi connectivity index (χ1) is 16.0. The third-order valence-electron chi connectivity index (χ3n) is 5.34. The van der Waals surface area contributed by atoms with Crippen molar-refractivity contribution >= 4 is 29.1 Å². The van der Waals surface area contributed by atoms with Gasteiger partial charge in [0, 0.05) is 17.5 Å². The Bertz CT molecular complexity index is 1370. The number of hydrogen-bond donors (Lipinski definition) is 3. The Labute approximate surface area is 194 Å². The van der Waals surface area contributed by atoms with E-state index in [1.165, 1.54) is 0 Å². The number of phenolic OH excluding ortho intramolecular Hbond substituents is 1. The molecule has 1 atom stereocenters. The van der Waals surface area contributed by atoms with E-state index in [0.29, 0.717) is 39.3 Å². The molecule has 3 heterocycles. The molecule has 33 heavy (non-hydrogen) atoms. The number of halogens is 1. The van der Waals surface area contributed by atoms with Crippen molar-refractivity contribution in [2.24, 2.45) is 0 Å². The van der Waals surface area contributed by atoms with E-state index in [1.807, 2.05) is 25.1 Å². The largest absolute Gasteiger partial charge is 0.508 e. The third-order valence-corrected chi connectivity index (χ3v) is 5.67. The smallest absolute Gasteiger partial charge is 0.255 e. The lowest BCUT2D eigenvalue weighted by Crippen LogP contribution is -2.31. The molecule has 1 aliphatic rings. The van der Waals surface area contributed by atoms with Crippen molar-refractivity contribution in [3.05, 3.63) is 94.9 Å². The normalized spacial score (nSPS) is 15.0. The molecule has 4 aromatic rings. The third kappa shape index (κ3) is 3.92. The number of carbonyl (C=O) groups excluding carboxylic acids is 1. The number of nitrogens with zero attached hydrogens (tertiary/aromatic N) is 4. The summed E-state index contributed by atoms with van der Waals surface area (Å²) >= 11 is 6.37. The molecule has 1 unspecified atom stereocenters. The van der Waals surface area contributed by atoms with Crippen LogP contribution in [0, 0.1) is 0 Å². The van der Waals surface area contributed by atoms with E-state index in [-0.39, 0.29) is 11.7 Å². The van der Waals surface area contributed by atoms with Gasteiger partial charge >= 0.3 is 0 Å². The zero-order chi connectivity index (χ0) is 22.9. The molecule has 1 amide bonds. The number of aromatic hydroxyl groups is 1. The Hall–Kier alpha value is -4.17. The molecule has 0 radical (unpaired) electrons. The zero-order valence-corrected chi connectivity index (χ0v) is 18.3. The molecule has 2 aromatic heterocycles. The number of nitrogens with one attached hydrogen (secondary N) is 2. The number of carbonyl (C=O) groups is 1. The fourth-order valence-electron chi connectivity index (χ4n) is 3.80. The van der Waals surface area contributed by atoms with Crippen molar-refractivity contribution < 1.29 is 9.90 Å². The summed E-state index contributed by atoms with van der Waals surface area (Å²) in [7, 11) is 0. The Morgan fingerprint density at radius 3 is 2.64 bits per heavy atom. The van der Waals surface area contributed by atoms with Gasteiger partial charge in [0.1, 0.15) is 11.8 Å². The number of fused-ring (bicyclic) bond motifs is 1. The van der Waals surface area contributed by atoms with Gasteiger partial charge in [-0.3, -0.25) is 9.78 Å². The summed E-state index contributed by atoms with van der Waals surface area (Å²) < 4.78 is 1.66. The molecule has 9 heteroatoms. The van der Waals surface area contributed by atoms with Gasteiger partial charge in [-0.05, 0) is 48.9 Å². The average molecular weight is 459 g/mol. The Morgan fingerprint density at radius 1 is 1.12 bits per heavy atom. The lowest BCUT2D eigenvalue weighted by atomic mass is 9.95. The monoisotopic (exact) mass is 458 g/mol. The van der Waals surface area contributed by atoms with Crippen molar-refractivity contribution in [2.45, 2.75) is 13.0 Å². The molecule has 2 aromatic carbocycles. The van der Waals surface area contributed by atoms with E-state index >= 15 is 0 Å². The maximum atomic E-state index is 13.4. The van der Waals surface area contributed by atoms with Crippen molar-refractivity contribution in [1.29, 1.82) is 0 Å². The lowest BCUT2D eigenvalue weighted by molar-refractivity contribution is -0.113. The first-order valence-electron chi connectivity index (χ1n) is 10.2. The molecule has 0 aliphatic carbocycles. The van der Waals surface area contributed by atoms with Crippen LogP contribution in [0.3, 0.4) is 0 Å². The van der Waals surface area contributed by atoms with E-state index in [2.05, 4.69) is 20.6 Å². The number of benzene rings is 2. The van der Waals surface area contributed by atoms with E-state index < -0.39 is 6.04 Å². The highest BCUT2D eigenvalue weighted by Gasteiger charge is 2.34. The van der Waals surface area contributed by atoms with Gasteiger partial charge < -0.3 is 15.7 Å². The van der Waals surface area contributed by atoms with Gasteiger partial charge in [-0.1, -0.05) is 35.9 Å². The molecule has 5 rings (SSSR count). The summed E-state index contributed by atoms with van der Waals surface area (Å²) in [6.07, 6.45) is 3.22. The molecule has 0 fully saturated rings. The molecule has 0 bridgehead atoms. The van der Waals surface area contributed by atoms with Gasteiger partial charge in [-0.25, -0.2) is 4.68 Å². The van der Waals surface area contributed by atoms with Crippen LogP contribution in [-0.2, 0) is 4.79 Å². The second kappa shape index (κ2) is 8.40. The maximum absolute atomic E-state index is 13.4. The molecule has 164 valence electrons. The summed E-state index contributed by atoms with van der Waals surface area (Å²) in [6, 6.07) is 16.9. The van der Waals surface area contributed by atoms with Crippen molar-refractivity contribution in [2.75, 3.05) is 10.6 Å². The minimum absolute atomic E-state index is 0.130. The number of allylic oxidation sites excluding steroid dienone is 1. The van der Waals surface area contributed by atoms with Crippen LogP contribution < -0.4 is 10.6 Å². The Kier molecular flexibility index (Phi) is 5.27. The quantitative estimate of drug-likeness (QED) is 0.412. The molecule has 8 nitrogen and oxygen atoms in total. The molecular formula is C24H19ClN6O2. The highest BCUT2D eigenvalue weighted by Crippen LogP contribution is 2.38. The van der Waals surface area contributed by atoms with Crippen LogP contribution in [0.15, 0.2) is 84.3 Å². The Morgan fingerprint density at radius 2 is 1.91 bits per heavy atom. The summed E-state index contributed by atoms with van der Waals surface area (Å²) in [5, 5.41) is 21.1. The molecule has 0 saturated carbocycles. The minimum Gasteiger partial charge on any atom is -0.508 e. The van der Waals surface area contributed by atoms with Crippen LogP contribution in [0.4, 0.5) is 11.6 Å². The number of phenols is 1. The van der Waals surface area contributed by atoms with E-state index in [1.54, 1.807) is 59.5 Å². The van der Waals surface area contributed by atoms with Crippen LogP contribution in [-0.4, -0.2) is 30.8 Å². The topological polar surface area (TPSA) is 105 Å². The molecular weight excluding hydrogens is 440 g/mol. The van der Waals surface area contributed by atoms with Crippen LogP contribution in [0.25, 0.3) is 11.4 Å². The number of hydrogen-bond acceptors (Lipinski definition) is 6. The zero-order valence-electron chi connectivity index (χ0n) is 17.5. The van der Waals surface area contributed by atoms with Gasteiger partial charge in [0.05, 0.1) is 22.5 Å². The predicted octanol–water partition coefficient (Wildman–Crippen LogP) is 4.63. The first-order valence-corrected chi connectivity index (χ1v) is 10.6. The number of aromatic nitrogens is 4. The van der Waals surface area contributed by atoms with Gasteiger partial charge in [0.25, 0.3) is 5.91 Å². The second-order valence-corrected chi connectivity index (χ2v) is 7.94. The van der Waals surface area contributed by atoms with E-state index in [9.17, 15) is 9.90 Å². The second-order valence-electron chi connectivity index (χ2n) is 7.54. The lowest BCUT2D eigenvalue weighted by Gasteiger charge is -2.28. The highest BCUT2D eigenvalue weighted by atomic mass is 35.5. The molecule has 3 N–H and O–H groups in total. The van der Waals surface area contributed by atoms with Crippen LogP contribution in [0.2, 0.25) is 5.02 Å². The number of amides is 1. The SMILES string of the molecule is CC1=C(C(=O)Nc2cccnc2)C(c2ccc(O)cc2)n2nc(-c3ccccc3Cl)nc2N1. The fraction of sp³-hybridized carbons (Fsp3) is 0.0833. The standard InChI is InChI=1S/C24H19ClN6O2/c1-14-20(23(33)28-16-5-4-12-26-13-16)21(15-8-10-17(32)11-9-15)31-24(27-14)29-22(30-31)18-6-2-3-7-19(18)25/h2-13,21,32H,1H3,(H,28,33)(H,27,29,30). The molecule has 0 saturated heterocycles. The highest BCUT2D eigenvalue weighted by molar-refractivity contribution is 6.33. The summed E-state index contributed by atoms with van der Waals surface area (Å²) in [4.78, 5) is 22.1. The molecule has 0 spiro atoms. The van der Waals surface area contributed by atoms with E-state index in [0.717, 1.165) is 5.56 Å². The average Bonchev–Trinajstić information content (AvgIpc) is 3.23. The summed E-state index contributed by atoms with van der Waals surface area (Å²) in [5.41, 5.74) is 3.13. The van der Waals surface area contributed by atoms with Gasteiger partial charge in [-0.15, -0.1) is 5.10 Å². The van der Waals surface area contributed by atoms with Crippen LogP contribution in [0.1, 0.15) is 18.5 Å². The van der Waals surface area contributed by atoms with Gasteiger partial charge in [-0.2, -0.15) is 4.98 Å².